The summed E-state index contributed by atoms with van der Waals surface area (Å²) >= 11 is 1.59. The van der Waals surface area contributed by atoms with E-state index in [-0.39, 0.29) is 5.82 Å². The van der Waals surface area contributed by atoms with Gasteiger partial charge in [-0.3, -0.25) is 0 Å². The minimum atomic E-state index is -0.258. The van der Waals surface area contributed by atoms with E-state index in [4.69, 9.17) is 10.5 Å². The van der Waals surface area contributed by atoms with Crippen LogP contribution in [0.1, 0.15) is 11.3 Å². The molecule has 5 heteroatoms. The number of aromatic nitrogens is 1. The SMILES string of the molecule is Cc1csc(-c2ccc(OCc3ccc(F)cc3)c(N)c2)n1. The van der Waals surface area contributed by atoms with Crippen LogP contribution in [0.5, 0.6) is 5.75 Å². The van der Waals surface area contributed by atoms with Gasteiger partial charge in [-0.05, 0) is 42.8 Å². The lowest BCUT2D eigenvalue weighted by Gasteiger charge is -2.10. The molecule has 0 atom stereocenters. The van der Waals surface area contributed by atoms with E-state index in [0.29, 0.717) is 18.0 Å². The smallest absolute Gasteiger partial charge is 0.142 e. The van der Waals surface area contributed by atoms with Gasteiger partial charge in [0.1, 0.15) is 23.2 Å². The lowest BCUT2D eigenvalue weighted by molar-refractivity contribution is 0.308. The predicted octanol–water partition coefficient (Wildman–Crippen LogP) is 4.42. The number of hydrogen-bond acceptors (Lipinski definition) is 4. The van der Waals surface area contributed by atoms with Gasteiger partial charge in [-0.15, -0.1) is 11.3 Å². The van der Waals surface area contributed by atoms with E-state index in [1.54, 1.807) is 23.5 Å². The van der Waals surface area contributed by atoms with E-state index in [1.165, 1.54) is 12.1 Å². The molecule has 0 bridgehead atoms. The van der Waals surface area contributed by atoms with Crippen molar-refractivity contribution in [3.05, 3.63) is 64.9 Å². The summed E-state index contributed by atoms with van der Waals surface area (Å²) in [7, 11) is 0. The molecular weight excluding hydrogens is 299 g/mol. The van der Waals surface area contributed by atoms with Crippen molar-refractivity contribution in [2.24, 2.45) is 0 Å². The van der Waals surface area contributed by atoms with Crippen molar-refractivity contribution in [1.29, 1.82) is 0 Å². The fourth-order valence-electron chi connectivity index (χ4n) is 2.04. The Morgan fingerprint density at radius 2 is 1.95 bits per heavy atom. The molecule has 112 valence electrons. The van der Waals surface area contributed by atoms with Gasteiger partial charge < -0.3 is 10.5 Å². The van der Waals surface area contributed by atoms with Crippen LogP contribution in [-0.4, -0.2) is 4.98 Å². The molecule has 0 saturated heterocycles. The number of ether oxygens (including phenoxy) is 1. The number of thiazole rings is 1. The van der Waals surface area contributed by atoms with Gasteiger partial charge in [-0.2, -0.15) is 0 Å². The molecule has 2 N–H and O–H groups in total. The van der Waals surface area contributed by atoms with Crippen LogP contribution in [0.25, 0.3) is 10.6 Å². The summed E-state index contributed by atoms with van der Waals surface area (Å²) in [4.78, 5) is 4.44. The highest BCUT2D eigenvalue weighted by Crippen LogP contribution is 2.30. The van der Waals surface area contributed by atoms with E-state index in [9.17, 15) is 4.39 Å². The van der Waals surface area contributed by atoms with Crippen molar-refractivity contribution >= 4 is 17.0 Å². The van der Waals surface area contributed by atoms with Crippen molar-refractivity contribution in [1.82, 2.24) is 4.98 Å². The summed E-state index contributed by atoms with van der Waals surface area (Å²) < 4.78 is 18.5. The zero-order chi connectivity index (χ0) is 15.5. The Balaban J connectivity index is 1.73. The molecule has 0 aliphatic heterocycles. The van der Waals surface area contributed by atoms with Crippen LogP contribution in [0.4, 0.5) is 10.1 Å². The quantitative estimate of drug-likeness (QED) is 0.725. The number of benzene rings is 2. The molecule has 2 aromatic carbocycles. The van der Waals surface area contributed by atoms with E-state index in [1.807, 2.05) is 30.5 Å². The first-order chi connectivity index (χ1) is 10.6. The van der Waals surface area contributed by atoms with Crippen LogP contribution < -0.4 is 10.5 Å². The van der Waals surface area contributed by atoms with Gasteiger partial charge in [0.05, 0.1) is 5.69 Å². The van der Waals surface area contributed by atoms with Crippen LogP contribution >= 0.6 is 11.3 Å². The standard InChI is InChI=1S/C17H15FN2OS/c1-11-10-22-17(20-11)13-4-7-16(15(19)8-13)21-9-12-2-5-14(18)6-3-12/h2-8,10H,9,19H2,1H3. The van der Waals surface area contributed by atoms with Crippen LogP contribution in [-0.2, 0) is 6.61 Å². The monoisotopic (exact) mass is 314 g/mol. The second-order valence-electron chi connectivity index (χ2n) is 4.96. The maximum Gasteiger partial charge on any atom is 0.142 e. The molecule has 3 rings (SSSR count). The van der Waals surface area contributed by atoms with Crippen LogP contribution in [0.3, 0.4) is 0 Å². The number of hydrogen-bond donors (Lipinski definition) is 1. The van der Waals surface area contributed by atoms with Crippen molar-refractivity contribution in [2.75, 3.05) is 5.73 Å². The van der Waals surface area contributed by atoms with Gasteiger partial charge in [0.2, 0.25) is 0 Å². The molecule has 0 radical (unpaired) electrons. The molecule has 1 heterocycles. The maximum absolute atomic E-state index is 12.9. The second-order valence-corrected chi connectivity index (χ2v) is 5.82. The Bertz CT molecular complexity index is 784. The number of aryl methyl sites for hydroxylation is 1. The fraction of sp³-hybridized carbons (Fsp3) is 0.118. The zero-order valence-corrected chi connectivity index (χ0v) is 12.9. The van der Waals surface area contributed by atoms with Gasteiger partial charge in [-0.25, -0.2) is 9.37 Å². The molecule has 0 unspecified atom stereocenters. The Morgan fingerprint density at radius 1 is 1.18 bits per heavy atom. The summed E-state index contributed by atoms with van der Waals surface area (Å²) in [5, 5.41) is 2.94. The number of nitrogens with two attached hydrogens (primary N) is 1. The normalized spacial score (nSPS) is 10.6. The highest BCUT2D eigenvalue weighted by atomic mass is 32.1. The average Bonchev–Trinajstić information content (AvgIpc) is 2.94. The molecule has 0 saturated carbocycles. The van der Waals surface area contributed by atoms with E-state index in [2.05, 4.69) is 4.98 Å². The molecular formula is C17H15FN2OS. The molecule has 22 heavy (non-hydrogen) atoms. The number of anilines is 1. The Labute approximate surface area is 132 Å². The molecule has 0 aliphatic rings. The van der Waals surface area contributed by atoms with E-state index in [0.717, 1.165) is 21.8 Å². The van der Waals surface area contributed by atoms with Gasteiger partial charge in [0.15, 0.2) is 0 Å². The Hall–Kier alpha value is -2.40. The number of nitrogen functional groups attached to an aromatic ring is 1. The van der Waals surface area contributed by atoms with Crippen molar-refractivity contribution in [3.63, 3.8) is 0 Å². The van der Waals surface area contributed by atoms with Crippen LogP contribution in [0.15, 0.2) is 47.8 Å². The summed E-state index contributed by atoms with van der Waals surface area (Å²) in [6, 6.07) is 11.8. The highest BCUT2D eigenvalue weighted by molar-refractivity contribution is 7.13. The first kappa shape index (κ1) is 14.5. The molecule has 3 aromatic rings. The zero-order valence-electron chi connectivity index (χ0n) is 12.0. The highest BCUT2D eigenvalue weighted by Gasteiger charge is 2.07. The van der Waals surface area contributed by atoms with Crippen molar-refractivity contribution < 1.29 is 9.13 Å². The molecule has 0 spiro atoms. The van der Waals surface area contributed by atoms with Gasteiger partial charge >= 0.3 is 0 Å². The molecule has 0 fully saturated rings. The summed E-state index contributed by atoms with van der Waals surface area (Å²) in [6.07, 6.45) is 0. The van der Waals surface area contributed by atoms with Gasteiger partial charge in [0.25, 0.3) is 0 Å². The van der Waals surface area contributed by atoms with E-state index >= 15 is 0 Å². The molecule has 0 amide bonds. The topological polar surface area (TPSA) is 48.1 Å². The van der Waals surface area contributed by atoms with E-state index < -0.39 is 0 Å². The van der Waals surface area contributed by atoms with Gasteiger partial charge in [0, 0.05) is 16.6 Å². The number of rotatable bonds is 4. The van der Waals surface area contributed by atoms with Crippen LogP contribution in [0.2, 0.25) is 0 Å². The molecule has 0 aliphatic carbocycles. The lowest BCUT2D eigenvalue weighted by atomic mass is 10.2. The minimum Gasteiger partial charge on any atom is -0.487 e. The predicted molar refractivity (Wildman–Crippen MR) is 87.4 cm³/mol. The summed E-state index contributed by atoms with van der Waals surface area (Å²) in [5.41, 5.74) is 9.47. The fourth-order valence-corrected chi connectivity index (χ4v) is 2.84. The Kier molecular flexibility index (Phi) is 4.06. The molecule has 3 nitrogen and oxygen atoms in total. The minimum absolute atomic E-state index is 0.258. The summed E-state index contributed by atoms with van der Waals surface area (Å²) in [5.74, 6) is 0.354. The lowest BCUT2D eigenvalue weighted by Crippen LogP contribution is -1.99. The summed E-state index contributed by atoms with van der Waals surface area (Å²) in [6.45, 7) is 2.31. The average molecular weight is 314 g/mol. The third kappa shape index (κ3) is 3.26. The maximum atomic E-state index is 12.9. The Morgan fingerprint density at radius 3 is 2.59 bits per heavy atom. The molecule has 1 aromatic heterocycles. The van der Waals surface area contributed by atoms with Gasteiger partial charge in [-0.1, -0.05) is 12.1 Å². The third-order valence-electron chi connectivity index (χ3n) is 3.18. The third-order valence-corrected chi connectivity index (χ3v) is 4.19. The van der Waals surface area contributed by atoms with Crippen molar-refractivity contribution in [3.8, 4) is 16.3 Å². The van der Waals surface area contributed by atoms with Crippen LogP contribution in [0, 0.1) is 12.7 Å². The first-order valence-electron chi connectivity index (χ1n) is 6.81. The number of nitrogens with zero attached hydrogens (tertiary/aromatic N) is 1. The number of halogens is 1. The largest absolute Gasteiger partial charge is 0.487 e. The van der Waals surface area contributed by atoms with Crippen molar-refractivity contribution in [2.45, 2.75) is 13.5 Å². The second kappa shape index (κ2) is 6.15. The first-order valence-corrected chi connectivity index (χ1v) is 7.69.